The van der Waals surface area contributed by atoms with E-state index in [1.165, 1.54) is 24.2 Å². The molecule has 0 fully saturated rings. The van der Waals surface area contributed by atoms with E-state index in [4.69, 9.17) is 4.42 Å². The molecule has 2 aromatic heterocycles. The van der Waals surface area contributed by atoms with Crippen molar-refractivity contribution in [3.8, 4) is 6.07 Å². The number of carbonyl (C=O) groups excluding carboxylic acids is 2. The van der Waals surface area contributed by atoms with E-state index in [1.807, 2.05) is 6.07 Å². The van der Waals surface area contributed by atoms with Crippen LogP contribution in [-0.4, -0.2) is 27.3 Å². The summed E-state index contributed by atoms with van der Waals surface area (Å²) in [6, 6.07) is 19.1. The third kappa shape index (κ3) is 5.04. The molecule has 0 aliphatic carbocycles. The fraction of sp³-hybridized carbons (Fsp3) is 0.111. The van der Waals surface area contributed by atoms with Gasteiger partial charge in [-0.1, -0.05) is 18.2 Å². The molecule has 1 amide bonds. The fourth-order valence-corrected chi connectivity index (χ4v) is 3.82. The topological polar surface area (TPSA) is 117 Å². The number of Topliss-reactive ketones (excluding diaryl/α,β-unsaturated/α-hetero) is 1. The van der Waals surface area contributed by atoms with Crippen LogP contribution in [0.1, 0.15) is 28.6 Å². The molecule has 4 aromatic rings. The minimum Gasteiger partial charge on any atom is -0.480 e. The lowest BCUT2D eigenvalue weighted by Crippen LogP contribution is -2.31. The Morgan fingerprint density at radius 3 is 2.46 bits per heavy atom. The zero-order chi connectivity index (χ0) is 24.9. The van der Waals surface area contributed by atoms with Crippen LogP contribution in [-0.2, 0) is 22.7 Å². The zero-order valence-corrected chi connectivity index (χ0v) is 18.8. The SMILES string of the molecule is CC(=O)c1ccc(N(Cc2ccco2)C(=O)C(C#N)=Cc2cn(CC(=O)O)c3ccccc23)cc1. The lowest BCUT2D eigenvalue weighted by Gasteiger charge is -2.21. The van der Waals surface area contributed by atoms with Crippen molar-refractivity contribution in [1.29, 1.82) is 5.26 Å². The van der Waals surface area contributed by atoms with Gasteiger partial charge in [-0.15, -0.1) is 0 Å². The van der Waals surface area contributed by atoms with Gasteiger partial charge in [0.15, 0.2) is 5.78 Å². The Bertz CT molecular complexity index is 1470. The predicted molar refractivity (Wildman–Crippen MR) is 130 cm³/mol. The molecular weight excluding hydrogens is 446 g/mol. The molecule has 35 heavy (non-hydrogen) atoms. The van der Waals surface area contributed by atoms with Crippen molar-refractivity contribution >= 4 is 40.3 Å². The molecule has 2 heterocycles. The van der Waals surface area contributed by atoms with E-state index < -0.39 is 11.9 Å². The first-order chi connectivity index (χ1) is 16.9. The number of para-hydroxylation sites is 1. The Labute approximate surface area is 200 Å². The molecule has 1 N–H and O–H groups in total. The number of hydrogen-bond acceptors (Lipinski definition) is 5. The third-order valence-electron chi connectivity index (χ3n) is 5.50. The number of anilines is 1. The van der Waals surface area contributed by atoms with Crippen molar-refractivity contribution in [2.45, 2.75) is 20.0 Å². The number of furan rings is 1. The molecule has 0 saturated heterocycles. The summed E-state index contributed by atoms with van der Waals surface area (Å²) >= 11 is 0. The second kappa shape index (κ2) is 9.93. The maximum absolute atomic E-state index is 13.6. The van der Waals surface area contributed by atoms with Gasteiger partial charge in [-0.2, -0.15) is 5.26 Å². The van der Waals surface area contributed by atoms with Crippen LogP contribution in [0.5, 0.6) is 0 Å². The van der Waals surface area contributed by atoms with E-state index in [0.717, 1.165) is 5.39 Å². The summed E-state index contributed by atoms with van der Waals surface area (Å²) in [5.74, 6) is -1.15. The highest BCUT2D eigenvalue weighted by atomic mass is 16.4. The molecule has 0 aliphatic rings. The van der Waals surface area contributed by atoms with Gasteiger partial charge in [0, 0.05) is 33.9 Å². The highest BCUT2D eigenvalue weighted by molar-refractivity contribution is 6.12. The number of carboxylic acid groups (broad SMARTS) is 1. The molecule has 0 atom stereocenters. The summed E-state index contributed by atoms with van der Waals surface area (Å²) in [5.41, 5.74) is 2.09. The van der Waals surface area contributed by atoms with E-state index in [1.54, 1.807) is 71.4 Å². The van der Waals surface area contributed by atoms with E-state index in [9.17, 15) is 24.8 Å². The summed E-state index contributed by atoms with van der Waals surface area (Å²) in [4.78, 5) is 37.9. The lowest BCUT2D eigenvalue weighted by molar-refractivity contribution is -0.137. The normalized spacial score (nSPS) is 11.3. The second-order valence-corrected chi connectivity index (χ2v) is 7.87. The van der Waals surface area contributed by atoms with Crippen LogP contribution in [0.4, 0.5) is 5.69 Å². The van der Waals surface area contributed by atoms with Crippen molar-refractivity contribution in [2.75, 3.05) is 4.90 Å². The van der Waals surface area contributed by atoms with Crippen molar-refractivity contribution in [3.05, 3.63) is 95.6 Å². The average molecular weight is 467 g/mol. The van der Waals surface area contributed by atoms with Crippen LogP contribution in [0, 0.1) is 11.3 Å². The Morgan fingerprint density at radius 1 is 1.09 bits per heavy atom. The highest BCUT2D eigenvalue weighted by Crippen LogP contribution is 2.26. The van der Waals surface area contributed by atoms with E-state index in [0.29, 0.717) is 28.1 Å². The Balaban J connectivity index is 1.76. The van der Waals surface area contributed by atoms with Gasteiger partial charge in [-0.25, -0.2) is 0 Å². The largest absolute Gasteiger partial charge is 0.480 e. The fourth-order valence-electron chi connectivity index (χ4n) is 3.82. The average Bonchev–Trinajstić information content (AvgIpc) is 3.48. The summed E-state index contributed by atoms with van der Waals surface area (Å²) in [6.45, 7) is 1.28. The molecule has 0 unspecified atom stereocenters. The standard InChI is InChI=1S/C27H21N3O5/c1-18(31)19-8-10-22(11-9-19)30(16-23-5-4-12-35-23)27(34)20(14-28)13-21-15-29(17-26(32)33)25-7-3-2-6-24(21)25/h2-13,15H,16-17H2,1H3,(H,32,33). The number of ketones is 1. The number of amides is 1. The lowest BCUT2D eigenvalue weighted by atomic mass is 10.1. The van der Waals surface area contributed by atoms with E-state index in [-0.39, 0.29) is 24.4 Å². The maximum Gasteiger partial charge on any atom is 0.323 e. The van der Waals surface area contributed by atoms with Gasteiger partial charge in [0.05, 0.1) is 12.8 Å². The minimum absolute atomic E-state index is 0.0744. The summed E-state index contributed by atoms with van der Waals surface area (Å²) in [5, 5.41) is 19.9. The number of aliphatic carboxylic acids is 1. The van der Waals surface area contributed by atoms with Crippen LogP contribution in [0.2, 0.25) is 0 Å². The number of rotatable bonds is 8. The van der Waals surface area contributed by atoms with Crippen molar-refractivity contribution < 1.29 is 23.9 Å². The first-order valence-electron chi connectivity index (χ1n) is 10.7. The maximum atomic E-state index is 13.6. The van der Waals surface area contributed by atoms with Crippen molar-refractivity contribution in [2.24, 2.45) is 0 Å². The first kappa shape index (κ1) is 23.3. The number of aromatic nitrogens is 1. The summed E-state index contributed by atoms with van der Waals surface area (Å²) in [7, 11) is 0. The molecule has 2 aromatic carbocycles. The smallest absolute Gasteiger partial charge is 0.323 e. The first-order valence-corrected chi connectivity index (χ1v) is 10.7. The quantitative estimate of drug-likeness (QED) is 0.229. The summed E-state index contributed by atoms with van der Waals surface area (Å²) < 4.78 is 6.98. The van der Waals surface area contributed by atoms with Gasteiger partial charge in [0.2, 0.25) is 0 Å². The number of benzene rings is 2. The number of nitrogens with zero attached hydrogens (tertiary/aromatic N) is 3. The number of fused-ring (bicyclic) bond motifs is 1. The second-order valence-electron chi connectivity index (χ2n) is 7.87. The van der Waals surface area contributed by atoms with Crippen LogP contribution in [0.25, 0.3) is 17.0 Å². The molecule has 4 rings (SSSR count). The third-order valence-corrected chi connectivity index (χ3v) is 5.50. The molecule has 8 nitrogen and oxygen atoms in total. The van der Waals surface area contributed by atoms with E-state index in [2.05, 4.69) is 0 Å². The Morgan fingerprint density at radius 2 is 1.83 bits per heavy atom. The monoisotopic (exact) mass is 467 g/mol. The Hall–Kier alpha value is -4.90. The number of carboxylic acids is 1. The van der Waals surface area contributed by atoms with Crippen LogP contribution >= 0.6 is 0 Å². The highest BCUT2D eigenvalue weighted by Gasteiger charge is 2.23. The van der Waals surface area contributed by atoms with Crippen molar-refractivity contribution in [1.82, 2.24) is 4.57 Å². The predicted octanol–water partition coefficient (Wildman–Crippen LogP) is 4.66. The van der Waals surface area contributed by atoms with Crippen molar-refractivity contribution in [3.63, 3.8) is 0 Å². The van der Waals surface area contributed by atoms with Gasteiger partial charge in [0.25, 0.3) is 5.91 Å². The molecule has 0 bridgehead atoms. The summed E-state index contributed by atoms with van der Waals surface area (Å²) in [6.07, 6.45) is 4.57. The van der Waals surface area contributed by atoms with Gasteiger partial charge >= 0.3 is 5.97 Å². The zero-order valence-electron chi connectivity index (χ0n) is 18.8. The molecule has 174 valence electrons. The number of hydrogen-bond donors (Lipinski definition) is 1. The molecule has 8 heteroatoms. The molecule has 0 spiro atoms. The number of carbonyl (C=O) groups is 3. The molecule has 0 radical (unpaired) electrons. The number of nitriles is 1. The van der Waals surface area contributed by atoms with Gasteiger partial charge < -0.3 is 19.0 Å². The van der Waals surface area contributed by atoms with Crippen LogP contribution in [0.15, 0.2) is 83.1 Å². The van der Waals surface area contributed by atoms with Gasteiger partial charge in [0.1, 0.15) is 23.9 Å². The van der Waals surface area contributed by atoms with Crippen LogP contribution < -0.4 is 4.90 Å². The molecular formula is C27H21N3O5. The van der Waals surface area contributed by atoms with Gasteiger partial charge in [-0.3, -0.25) is 14.4 Å². The molecule has 0 aliphatic heterocycles. The van der Waals surface area contributed by atoms with Crippen LogP contribution in [0.3, 0.4) is 0 Å². The van der Waals surface area contributed by atoms with E-state index >= 15 is 0 Å². The molecule has 0 saturated carbocycles. The van der Waals surface area contributed by atoms with Gasteiger partial charge in [-0.05, 0) is 55.5 Å². The minimum atomic E-state index is -1.00. The Kier molecular flexibility index (Phi) is 6.60.